The maximum atomic E-state index is 13.8. The second kappa shape index (κ2) is 5.16. The fraction of sp³-hybridized carbons (Fsp3) is 0.500. The molecule has 7 heteroatoms. The van der Waals surface area contributed by atoms with Gasteiger partial charge < -0.3 is 9.84 Å². The summed E-state index contributed by atoms with van der Waals surface area (Å²) in [6, 6.07) is 3.55. The van der Waals surface area contributed by atoms with Crippen LogP contribution in [0.15, 0.2) is 23.1 Å². The fourth-order valence-electron chi connectivity index (χ4n) is 1.99. The van der Waals surface area contributed by atoms with Crippen LogP contribution in [-0.2, 0) is 21.4 Å². The number of hydrogen-bond acceptors (Lipinski definition) is 4. The van der Waals surface area contributed by atoms with Gasteiger partial charge in [-0.05, 0) is 31.0 Å². The van der Waals surface area contributed by atoms with Gasteiger partial charge in [0.1, 0.15) is 10.7 Å². The van der Waals surface area contributed by atoms with E-state index in [1.165, 1.54) is 6.07 Å². The van der Waals surface area contributed by atoms with Gasteiger partial charge in [-0.3, -0.25) is 0 Å². The number of rotatable bonds is 4. The first-order valence-electron chi connectivity index (χ1n) is 5.87. The van der Waals surface area contributed by atoms with E-state index in [0.29, 0.717) is 18.6 Å². The molecule has 0 radical (unpaired) electrons. The molecule has 1 aromatic carbocycles. The highest BCUT2D eigenvalue weighted by Crippen LogP contribution is 2.23. The van der Waals surface area contributed by atoms with Crippen LogP contribution in [0, 0.1) is 5.82 Å². The Hall–Kier alpha value is -1.02. The molecule has 5 nitrogen and oxygen atoms in total. The van der Waals surface area contributed by atoms with Gasteiger partial charge in [-0.15, -0.1) is 0 Å². The van der Waals surface area contributed by atoms with Crippen molar-refractivity contribution in [3.8, 4) is 0 Å². The number of aliphatic hydroxyl groups is 1. The molecule has 19 heavy (non-hydrogen) atoms. The summed E-state index contributed by atoms with van der Waals surface area (Å²) in [5.41, 5.74) is -0.382. The van der Waals surface area contributed by atoms with Crippen LogP contribution in [-0.4, -0.2) is 32.3 Å². The molecular weight excluding hydrogens is 273 g/mol. The Kier molecular flexibility index (Phi) is 3.91. The third kappa shape index (κ3) is 3.11. The van der Waals surface area contributed by atoms with E-state index in [4.69, 9.17) is 9.84 Å². The molecule has 1 atom stereocenters. The summed E-state index contributed by atoms with van der Waals surface area (Å²) in [7, 11) is -3.94. The first kappa shape index (κ1) is 14.4. The Morgan fingerprint density at radius 2 is 2.26 bits per heavy atom. The van der Waals surface area contributed by atoms with Crippen LogP contribution in [0.3, 0.4) is 0 Å². The summed E-state index contributed by atoms with van der Waals surface area (Å²) >= 11 is 0. The standard InChI is InChI=1S/C12H16FNO4S/c1-12(4-5-18-8-12)14-19(16,17)11-3-2-9(7-15)6-10(11)13/h2-3,6,14-15H,4-5,7-8H2,1H3. The first-order chi connectivity index (χ1) is 8.86. The Labute approximate surface area is 111 Å². The Balaban J connectivity index is 2.29. The van der Waals surface area contributed by atoms with Crippen molar-refractivity contribution in [3.63, 3.8) is 0 Å². The molecule has 2 N–H and O–H groups in total. The van der Waals surface area contributed by atoms with Crippen molar-refractivity contribution < 1.29 is 22.7 Å². The van der Waals surface area contributed by atoms with Crippen molar-refractivity contribution in [2.45, 2.75) is 30.4 Å². The van der Waals surface area contributed by atoms with E-state index in [2.05, 4.69) is 4.72 Å². The van der Waals surface area contributed by atoms with Gasteiger partial charge in [-0.25, -0.2) is 17.5 Å². The Bertz CT molecular complexity index is 567. The van der Waals surface area contributed by atoms with E-state index in [1.807, 2.05) is 0 Å². The number of halogens is 1. The summed E-state index contributed by atoms with van der Waals surface area (Å²) in [5.74, 6) is -0.874. The van der Waals surface area contributed by atoms with Crippen molar-refractivity contribution in [1.29, 1.82) is 0 Å². The first-order valence-corrected chi connectivity index (χ1v) is 7.36. The zero-order valence-electron chi connectivity index (χ0n) is 10.5. The minimum absolute atomic E-state index is 0.266. The monoisotopic (exact) mass is 289 g/mol. The van der Waals surface area contributed by atoms with Crippen molar-refractivity contribution in [3.05, 3.63) is 29.6 Å². The fourth-order valence-corrected chi connectivity index (χ4v) is 3.47. The van der Waals surface area contributed by atoms with Crippen LogP contribution >= 0.6 is 0 Å². The summed E-state index contributed by atoms with van der Waals surface area (Å²) in [5, 5.41) is 8.88. The second-order valence-electron chi connectivity index (χ2n) is 4.89. The van der Waals surface area contributed by atoms with Gasteiger partial charge in [0.2, 0.25) is 10.0 Å². The van der Waals surface area contributed by atoms with E-state index < -0.39 is 26.3 Å². The molecule has 1 fully saturated rings. The largest absolute Gasteiger partial charge is 0.392 e. The molecule has 0 saturated carbocycles. The zero-order chi connectivity index (χ0) is 14.1. The van der Waals surface area contributed by atoms with Crippen LogP contribution in [0.25, 0.3) is 0 Å². The lowest BCUT2D eigenvalue weighted by molar-refractivity contribution is 0.178. The summed E-state index contributed by atoms with van der Waals surface area (Å²) < 4.78 is 45.7. The summed E-state index contributed by atoms with van der Waals surface area (Å²) in [6.07, 6.45) is 0.544. The quantitative estimate of drug-likeness (QED) is 0.858. The van der Waals surface area contributed by atoms with E-state index in [9.17, 15) is 12.8 Å². The van der Waals surface area contributed by atoms with Crippen LogP contribution < -0.4 is 4.72 Å². The Morgan fingerprint density at radius 3 is 2.79 bits per heavy atom. The maximum absolute atomic E-state index is 13.8. The molecule has 1 aromatic rings. The number of benzene rings is 1. The second-order valence-corrected chi connectivity index (χ2v) is 6.54. The van der Waals surface area contributed by atoms with Crippen molar-refractivity contribution >= 4 is 10.0 Å². The molecule has 1 unspecified atom stereocenters. The number of sulfonamides is 1. The highest BCUT2D eigenvalue weighted by molar-refractivity contribution is 7.89. The van der Waals surface area contributed by atoms with Gasteiger partial charge in [-0.1, -0.05) is 6.07 Å². The normalized spacial score (nSPS) is 23.7. The van der Waals surface area contributed by atoms with Gasteiger partial charge in [0.15, 0.2) is 0 Å². The lowest BCUT2D eigenvalue weighted by atomic mass is 10.0. The van der Waals surface area contributed by atoms with Gasteiger partial charge in [0.25, 0.3) is 0 Å². The molecular formula is C12H16FNO4S. The number of ether oxygens (including phenoxy) is 1. The summed E-state index contributed by atoms with van der Waals surface area (Å²) in [6.45, 7) is 2.13. The molecule has 2 rings (SSSR count). The average molecular weight is 289 g/mol. The summed E-state index contributed by atoms with van der Waals surface area (Å²) in [4.78, 5) is -0.419. The number of hydrogen-bond donors (Lipinski definition) is 2. The molecule has 0 aromatic heterocycles. The predicted molar refractivity (Wildman–Crippen MR) is 66.5 cm³/mol. The molecule has 106 valence electrons. The van der Waals surface area contributed by atoms with E-state index in [0.717, 1.165) is 12.1 Å². The average Bonchev–Trinajstić information content (AvgIpc) is 2.74. The van der Waals surface area contributed by atoms with Crippen molar-refractivity contribution in [2.24, 2.45) is 0 Å². The van der Waals surface area contributed by atoms with Gasteiger partial charge >= 0.3 is 0 Å². The van der Waals surface area contributed by atoms with E-state index >= 15 is 0 Å². The van der Waals surface area contributed by atoms with E-state index in [-0.39, 0.29) is 13.2 Å². The minimum atomic E-state index is -3.94. The zero-order valence-corrected chi connectivity index (χ0v) is 11.3. The third-order valence-electron chi connectivity index (χ3n) is 3.07. The topological polar surface area (TPSA) is 75.6 Å². The van der Waals surface area contributed by atoms with E-state index in [1.54, 1.807) is 6.92 Å². The van der Waals surface area contributed by atoms with Crippen LogP contribution in [0.5, 0.6) is 0 Å². The lowest BCUT2D eigenvalue weighted by Gasteiger charge is -2.23. The highest BCUT2D eigenvalue weighted by Gasteiger charge is 2.35. The molecule has 1 aliphatic rings. The molecule has 0 amide bonds. The minimum Gasteiger partial charge on any atom is -0.392 e. The van der Waals surface area contributed by atoms with Crippen LogP contribution in [0.1, 0.15) is 18.9 Å². The number of aliphatic hydroxyl groups excluding tert-OH is 1. The molecule has 1 heterocycles. The Morgan fingerprint density at radius 1 is 1.53 bits per heavy atom. The molecule has 0 bridgehead atoms. The van der Waals surface area contributed by atoms with Crippen LogP contribution in [0.4, 0.5) is 4.39 Å². The highest BCUT2D eigenvalue weighted by atomic mass is 32.2. The smallest absolute Gasteiger partial charge is 0.244 e. The molecule has 0 aliphatic carbocycles. The molecule has 1 aliphatic heterocycles. The number of nitrogens with one attached hydrogen (secondary N) is 1. The maximum Gasteiger partial charge on any atom is 0.244 e. The van der Waals surface area contributed by atoms with Crippen LogP contribution in [0.2, 0.25) is 0 Å². The van der Waals surface area contributed by atoms with Gasteiger partial charge in [0, 0.05) is 6.61 Å². The third-order valence-corrected chi connectivity index (χ3v) is 4.74. The van der Waals surface area contributed by atoms with Crippen molar-refractivity contribution in [1.82, 2.24) is 4.72 Å². The van der Waals surface area contributed by atoms with Gasteiger partial charge in [-0.2, -0.15) is 0 Å². The lowest BCUT2D eigenvalue weighted by Crippen LogP contribution is -2.46. The predicted octanol–water partition coefficient (Wildman–Crippen LogP) is 0.775. The molecule has 0 spiro atoms. The molecule has 1 saturated heterocycles. The SMILES string of the molecule is CC1(NS(=O)(=O)c2ccc(CO)cc2F)CCOC1. The van der Waals surface area contributed by atoms with Gasteiger partial charge in [0.05, 0.1) is 18.8 Å². The van der Waals surface area contributed by atoms with Crippen molar-refractivity contribution in [2.75, 3.05) is 13.2 Å².